The Balaban J connectivity index is 2.65. The summed E-state index contributed by atoms with van der Waals surface area (Å²) in [5.74, 6) is 6.25. The molecule has 1 rings (SSSR count). The molecule has 0 saturated carbocycles. The van der Waals surface area contributed by atoms with Crippen LogP contribution in [0.4, 0.5) is 0 Å². The minimum atomic E-state index is 0.173. The van der Waals surface area contributed by atoms with Crippen molar-refractivity contribution in [3.63, 3.8) is 0 Å². The van der Waals surface area contributed by atoms with Crippen LogP contribution in [-0.2, 0) is 0 Å². The van der Waals surface area contributed by atoms with Gasteiger partial charge in [-0.3, -0.25) is 16.3 Å². The summed E-state index contributed by atoms with van der Waals surface area (Å²) in [5, 5.41) is 0. The molecule has 1 heterocycles. The lowest BCUT2D eigenvalue weighted by Crippen LogP contribution is -2.29. The molecule has 0 radical (unpaired) electrons. The maximum absolute atomic E-state index is 5.55. The largest absolute Gasteiger partial charge is 0.271 e. The van der Waals surface area contributed by atoms with Gasteiger partial charge in [-0.2, -0.15) is 0 Å². The summed E-state index contributed by atoms with van der Waals surface area (Å²) in [4.78, 5) is 4.35. The average Bonchev–Trinajstić information content (AvgIpc) is 2.18. The van der Waals surface area contributed by atoms with Crippen molar-refractivity contribution in [1.29, 1.82) is 0 Å². The average molecular weight is 207 g/mol. The number of hydrazine groups is 1. The zero-order valence-corrected chi connectivity index (χ0v) is 9.83. The molecule has 84 valence electrons. The van der Waals surface area contributed by atoms with Crippen LogP contribution < -0.4 is 11.3 Å². The lowest BCUT2D eigenvalue weighted by Gasteiger charge is -2.16. The predicted molar refractivity (Wildman–Crippen MR) is 63.1 cm³/mol. The van der Waals surface area contributed by atoms with Gasteiger partial charge < -0.3 is 0 Å². The highest BCUT2D eigenvalue weighted by Crippen LogP contribution is 2.18. The molecule has 0 saturated heterocycles. The molecule has 0 aromatic carbocycles. The number of pyridine rings is 1. The molecule has 1 atom stereocenters. The van der Waals surface area contributed by atoms with E-state index in [1.54, 1.807) is 0 Å². The second kappa shape index (κ2) is 5.83. The number of rotatable bonds is 5. The molecule has 0 fully saturated rings. The maximum atomic E-state index is 5.55. The summed E-state index contributed by atoms with van der Waals surface area (Å²) in [7, 11) is 0. The molecule has 0 aliphatic rings. The molecule has 0 aliphatic carbocycles. The minimum absolute atomic E-state index is 0.173. The van der Waals surface area contributed by atoms with Gasteiger partial charge in [0.05, 0.1) is 11.7 Å². The van der Waals surface area contributed by atoms with E-state index in [2.05, 4.69) is 37.2 Å². The third kappa shape index (κ3) is 3.98. The molecular weight excluding hydrogens is 186 g/mol. The Bertz CT molecular complexity index is 297. The van der Waals surface area contributed by atoms with E-state index >= 15 is 0 Å². The first kappa shape index (κ1) is 12.1. The van der Waals surface area contributed by atoms with E-state index in [1.165, 1.54) is 5.56 Å². The second-order valence-electron chi connectivity index (χ2n) is 4.45. The number of hydrogen-bond acceptors (Lipinski definition) is 3. The van der Waals surface area contributed by atoms with Gasteiger partial charge in [-0.1, -0.05) is 13.8 Å². The van der Waals surface area contributed by atoms with Crippen LogP contribution in [-0.4, -0.2) is 4.98 Å². The van der Waals surface area contributed by atoms with E-state index < -0.39 is 0 Å². The first-order chi connectivity index (χ1) is 7.13. The Morgan fingerprint density at radius 3 is 2.67 bits per heavy atom. The highest BCUT2D eigenvalue weighted by Gasteiger charge is 2.11. The lowest BCUT2D eigenvalue weighted by atomic mass is 10.0. The first-order valence-electron chi connectivity index (χ1n) is 5.52. The Morgan fingerprint density at radius 2 is 2.13 bits per heavy atom. The molecule has 15 heavy (non-hydrogen) atoms. The van der Waals surface area contributed by atoms with Crippen molar-refractivity contribution < 1.29 is 0 Å². The molecule has 0 aliphatic heterocycles. The highest BCUT2D eigenvalue weighted by molar-refractivity contribution is 5.17. The van der Waals surface area contributed by atoms with Crippen LogP contribution in [0.25, 0.3) is 0 Å². The third-order valence-corrected chi connectivity index (χ3v) is 2.53. The van der Waals surface area contributed by atoms with Crippen molar-refractivity contribution in [2.24, 2.45) is 11.8 Å². The zero-order valence-electron chi connectivity index (χ0n) is 9.83. The topological polar surface area (TPSA) is 50.9 Å². The minimum Gasteiger partial charge on any atom is -0.271 e. The zero-order chi connectivity index (χ0) is 11.3. The van der Waals surface area contributed by atoms with E-state index in [1.807, 2.05) is 12.3 Å². The quantitative estimate of drug-likeness (QED) is 0.575. The van der Waals surface area contributed by atoms with E-state index in [9.17, 15) is 0 Å². The number of hydrogen-bond donors (Lipinski definition) is 2. The van der Waals surface area contributed by atoms with Crippen LogP contribution in [0.2, 0.25) is 0 Å². The molecule has 3 N–H and O–H groups in total. The van der Waals surface area contributed by atoms with Gasteiger partial charge >= 0.3 is 0 Å². The van der Waals surface area contributed by atoms with Crippen molar-refractivity contribution >= 4 is 0 Å². The van der Waals surface area contributed by atoms with Crippen molar-refractivity contribution in [3.8, 4) is 0 Å². The Hall–Kier alpha value is -0.930. The maximum Gasteiger partial charge on any atom is 0.0632 e. The standard InChI is InChI=1S/C12H21N3/c1-9(2)4-5-11(15-13)12-8-10(3)6-7-14-12/h6-9,11,15H,4-5,13H2,1-3H3. The molecule has 0 spiro atoms. The van der Waals surface area contributed by atoms with Gasteiger partial charge in [-0.25, -0.2) is 0 Å². The summed E-state index contributed by atoms with van der Waals surface area (Å²) in [6.07, 6.45) is 4.03. The number of aromatic nitrogens is 1. The van der Waals surface area contributed by atoms with Crippen LogP contribution in [0.15, 0.2) is 18.3 Å². The van der Waals surface area contributed by atoms with Crippen molar-refractivity contribution in [2.75, 3.05) is 0 Å². The second-order valence-corrected chi connectivity index (χ2v) is 4.45. The summed E-state index contributed by atoms with van der Waals surface area (Å²) in [6, 6.07) is 4.26. The van der Waals surface area contributed by atoms with E-state index in [-0.39, 0.29) is 6.04 Å². The number of nitrogens with two attached hydrogens (primary N) is 1. The van der Waals surface area contributed by atoms with E-state index in [4.69, 9.17) is 5.84 Å². The van der Waals surface area contributed by atoms with Gasteiger partial charge in [-0.15, -0.1) is 0 Å². The predicted octanol–water partition coefficient (Wildman–Crippen LogP) is 2.33. The van der Waals surface area contributed by atoms with Crippen LogP contribution in [0.3, 0.4) is 0 Å². The fraction of sp³-hybridized carbons (Fsp3) is 0.583. The SMILES string of the molecule is Cc1ccnc(C(CCC(C)C)NN)c1. The van der Waals surface area contributed by atoms with Gasteiger partial charge in [0.15, 0.2) is 0 Å². The first-order valence-corrected chi connectivity index (χ1v) is 5.52. The number of nitrogens with one attached hydrogen (secondary N) is 1. The van der Waals surface area contributed by atoms with Gasteiger partial charge in [-0.05, 0) is 43.4 Å². The van der Waals surface area contributed by atoms with Crippen LogP contribution >= 0.6 is 0 Å². The fourth-order valence-corrected chi connectivity index (χ4v) is 1.57. The molecule has 0 bridgehead atoms. The third-order valence-electron chi connectivity index (χ3n) is 2.53. The monoisotopic (exact) mass is 207 g/mol. The molecule has 0 amide bonds. The smallest absolute Gasteiger partial charge is 0.0632 e. The summed E-state index contributed by atoms with van der Waals surface area (Å²) in [6.45, 7) is 6.51. The Morgan fingerprint density at radius 1 is 1.40 bits per heavy atom. The van der Waals surface area contributed by atoms with Crippen molar-refractivity contribution in [1.82, 2.24) is 10.4 Å². The van der Waals surface area contributed by atoms with E-state index in [0.717, 1.165) is 18.5 Å². The van der Waals surface area contributed by atoms with Gasteiger partial charge in [0, 0.05) is 6.20 Å². The molecule has 1 aromatic heterocycles. The summed E-state index contributed by atoms with van der Waals surface area (Å²) < 4.78 is 0. The molecule has 3 nitrogen and oxygen atoms in total. The molecule has 1 aromatic rings. The van der Waals surface area contributed by atoms with Crippen molar-refractivity contribution in [2.45, 2.75) is 39.7 Å². The van der Waals surface area contributed by atoms with Gasteiger partial charge in [0.2, 0.25) is 0 Å². The van der Waals surface area contributed by atoms with E-state index in [0.29, 0.717) is 5.92 Å². The number of nitrogens with zero attached hydrogens (tertiary/aromatic N) is 1. The fourth-order valence-electron chi connectivity index (χ4n) is 1.57. The normalized spacial score (nSPS) is 13.1. The summed E-state index contributed by atoms with van der Waals surface area (Å²) in [5.41, 5.74) is 5.11. The lowest BCUT2D eigenvalue weighted by molar-refractivity contribution is 0.441. The molecular formula is C12H21N3. The summed E-state index contributed by atoms with van der Waals surface area (Å²) >= 11 is 0. The van der Waals surface area contributed by atoms with Gasteiger partial charge in [0.25, 0.3) is 0 Å². The Kier molecular flexibility index (Phi) is 4.72. The molecule has 1 unspecified atom stereocenters. The van der Waals surface area contributed by atoms with Crippen LogP contribution in [0.1, 0.15) is 44.0 Å². The van der Waals surface area contributed by atoms with Crippen molar-refractivity contribution in [3.05, 3.63) is 29.6 Å². The Labute approximate surface area is 92.1 Å². The van der Waals surface area contributed by atoms with Gasteiger partial charge in [0.1, 0.15) is 0 Å². The van der Waals surface area contributed by atoms with Crippen LogP contribution in [0.5, 0.6) is 0 Å². The highest BCUT2D eigenvalue weighted by atomic mass is 15.2. The molecule has 3 heteroatoms. The van der Waals surface area contributed by atoms with Crippen LogP contribution in [0, 0.1) is 12.8 Å². The number of aryl methyl sites for hydroxylation is 1.